The summed E-state index contributed by atoms with van der Waals surface area (Å²) in [5, 5.41) is 7.35. The van der Waals surface area contributed by atoms with E-state index < -0.39 is 5.82 Å². The molecule has 2 aromatic rings. The van der Waals surface area contributed by atoms with Gasteiger partial charge in [-0.1, -0.05) is 15.9 Å². The maximum Gasteiger partial charge on any atom is 0.250 e. The number of rotatable bonds is 2. The lowest BCUT2D eigenvalue weighted by Crippen LogP contribution is -1.95. The average Bonchev–Trinajstić information content (AvgIpc) is 2.66. The van der Waals surface area contributed by atoms with Gasteiger partial charge in [0.1, 0.15) is 5.82 Å². The van der Waals surface area contributed by atoms with Crippen molar-refractivity contribution in [3.05, 3.63) is 34.4 Å². The van der Waals surface area contributed by atoms with Gasteiger partial charge in [-0.25, -0.2) is 4.39 Å². The third-order valence-electron chi connectivity index (χ3n) is 1.80. The minimum atomic E-state index is -0.420. The fourth-order valence-corrected chi connectivity index (χ4v) is 1.44. The minimum Gasteiger partial charge on any atom is -0.419 e. The van der Waals surface area contributed by atoms with Gasteiger partial charge in [-0.3, -0.25) is 0 Å². The molecule has 15 heavy (non-hydrogen) atoms. The van der Waals surface area contributed by atoms with Crippen LogP contribution in [0.25, 0.3) is 11.5 Å². The molecule has 0 aliphatic carbocycles. The lowest BCUT2D eigenvalue weighted by atomic mass is 10.2. The zero-order valence-electron chi connectivity index (χ0n) is 7.58. The Morgan fingerprint density at radius 3 is 2.80 bits per heavy atom. The summed E-state index contributed by atoms with van der Waals surface area (Å²) in [5.74, 6) is 0.00404. The van der Waals surface area contributed by atoms with Gasteiger partial charge in [-0.05, 0) is 18.2 Å². The molecule has 2 rings (SSSR count). The highest BCUT2D eigenvalue weighted by Gasteiger charge is 2.12. The quantitative estimate of drug-likeness (QED) is 0.909. The monoisotopic (exact) mass is 271 g/mol. The molecule has 0 aliphatic rings. The second-order valence-corrected chi connectivity index (χ2v) is 3.74. The van der Waals surface area contributed by atoms with Gasteiger partial charge in [0.25, 0.3) is 5.89 Å². The van der Waals surface area contributed by atoms with Gasteiger partial charge in [-0.15, -0.1) is 10.2 Å². The van der Waals surface area contributed by atoms with Gasteiger partial charge in [0, 0.05) is 4.47 Å². The van der Waals surface area contributed by atoms with Crippen molar-refractivity contribution in [2.75, 3.05) is 0 Å². The first-order chi connectivity index (χ1) is 7.20. The lowest BCUT2D eigenvalue weighted by molar-refractivity contribution is 0.504. The molecule has 0 amide bonds. The summed E-state index contributed by atoms with van der Waals surface area (Å²) in [6, 6.07) is 4.60. The van der Waals surface area contributed by atoms with Crippen LogP contribution in [0.5, 0.6) is 0 Å². The molecule has 0 radical (unpaired) electrons. The van der Waals surface area contributed by atoms with Crippen LogP contribution in [0.4, 0.5) is 4.39 Å². The SMILES string of the molecule is NCc1nnc(-c2ccc(Br)cc2F)o1. The normalized spacial score (nSPS) is 10.6. The zero-order chi connectivity index (χ0) is 10.8. The van der Waals surface area contributed by atoms with Gasteiger partial charge in [0.15, 0.2) is 0 Å². The number of hydrogen-bond acceptors (Lipinski definition) is 4. The number of benzene rings is 1. The van der Waals surface area contributed by atoms with Crippen LogP contribution in [0.3, 0.4) is 0 Å². The Kier molecular flexibility index (Phi) is 2.79. The highest BCUT2D eigenvalue weighted by Crippen LogP contribution is 2.24. The summed E-state index contributed by atoms with van der Waals surface area (Å²) < 4.78 is 19.3. The average molecular weight is 272 g/mol. The van der Waals surface area contributed by atoms with E-state index in [1.54, 1.807) is 12.1 Å². The highest BCUT2D eigenvalue weighted by molar-refractivity contribution is 9.10. The van der Waals surface area contributed by atoms with E-state index in [0.29, 0.717) is 4.47 Å². The van der Waals surface area contributed by atoms with Crippen LogP contribution >= 0.6 is 15.9 Å². The first kappa shape index (κ1) is 10.3. The second kappa shape index (κ2) is 4.08. The zero-order valence-corrected chi connectivity index (χ0v) is 9.16. The van der Waals surface area contributed by atoms with Crippen molar-refractivity contribution < 1.29 is 8.81 Å². The molecule has 1 aromatic carbocycles. The van der Waals surface area contributed by atoms with E-state index in [1.165, 1.54) is 6.07 Å². The molecule has 6 heteroatoms. The van der Waals surface area contributed by atoms with Crippen molar-refractivity contribution in [3.63, 3.8) is 0 Å². The lowest BCUT2D eigenvalue weighted by Gasteiger charge is -1.97. The van der Waals surface area contributed by atoms with Crippen LogP contribution in [0, 0.1) is 5.82 Å². The summed E-state index contributed by atoms with van der Waals surface area (Å²) in [5.41, 5.74) is 5.57. The molecule has 0 fully saturated rings. The van der Waals surface area contributed by atoms with Gasteiger partial charge in [-0.2, -0.15) is 0 Å². The number of nitrogens with two attached hydrogens (primary N) is 1. The Bertz CT molecular complexity index is 486. The summed E-state index contributed by atoms with van der Waals surface area (Å²) in [4.78, 5) is 0. The third-order valence-corrected chi connectivity index (χ3v) is 2.30. The highest BCUT2D eigenvalue weighted by atomic mass is 79.9. The van der Waals surface area contributed by atoms with Crippen molar-refractivity contribution in [1.82, 2.24) is 10.2 Å². The van der Waals surface area contributed by atoms with E-state index in [9.17, 15) is 4.39 Å². The number of hydrogen-bond donors (Lipinski definition) is 1. The van der Waals surface area contributed by atoms with Gasteiger partial charge in [0.2, 0.25) is 5.89 Å². The Balaban J connectivity index is 2.44. The third kappa shape index (κ3) is 2.05. The van der Waals surface area contributed by atoms with E-state index in [-0.39, 0.29) is 23.9 Å². The molecule has 0 atom stereocenters. The Labute approximate surface area is 93.4 Å². The molecular weight excluding hydrogens is 265 g/mol. The van der Waals surface area contributed by atoms with Crippen molar-refractivity contribution in [2.45, 2.75) is 6.54 Å². The molecule has 1 aromatic heterocycles. The Morgan fingerprint density at radius 1 is 1.40 bits per heavy atom. The topological polar surface area (TPSA) is 64.9 Å². The molecule has 0 saturated heterocycles. The molecule has 0 aliphatic heterocycles. The molecule has 2 N–H and O–H groups in total. The largest absolute Gasteiger partial charge is 0.419 e. The first-order valence-electron chi connectivity index (χ1n) is 4.18. The number of halogens is 2. The summed E-state index contributed by atoms with van der Waals surface area (Å²) in [6.45, 7) is 0.144. The Morgan fingerprint density at radius 2 is 2.20 bits per heavy atom. The van der Waals surface area contributed by atoms with Crippen molar-refractivity contribution in [3.8, 4) is 11.5 Å². The number of nitrogens with zero attached hydrogens (tertiary/aromatic N) is 2. The smallest absolute Gasteiger partial charge is 0.250 e. The van der Waals surface area contributed by atoms with Crippen LogP contribution in [-0.2, 0) is 6.54 Å². The van der Waals surface area contributed by atoms with Crippen LogP contribution in [0.2, 0.25) is 0 Å². The van der Waals surface area contributed by atoms with Gasteiger partial charge >= 0.3 is 0 Å². The Hall–Kier alpha value is -1.27. The second-order valence-electron chi connectivity index (χ2n) is 2.83. The first-order valence-corrected chi connectivity index (χ1v) is 4.98. The van der Waals surface area contributed by atoms with E-state index in [4.69, 9.17) is 10.2 Å². The molecule has 0 bridgehead atoms. The standard InChI is InChI=1S/C9H7BrFN3O/c10-5-1-2-6(7(11)3-5)9-14-13-8(4-12)15-9/h1-3H,4,12H2. The van der Waals surface area contributed by atoms with Crippen LogP contribution in [0.15, 0.2) is 27.1 Å². The molecule has 0 unspecified atom stereocenters. The predicted molar refractivity (Wildman–Crippen MR) is 55.3 cm³/mol. The number of aromatic nitrogens is 2. The molecule has 78 valence electrons. The molecular formula is C9H7BrFN3O. The van der Waals surface area contributed by atoms with Crippen molar-refractivity contribution in [1.29, 1.82) is 0 Å². The van der Waals surface area contributed by atoms with Crippen molar-refractivity contribution >= 4 is 15.9 Å². The minimum absolute atomic E-state index is 0.139. The molecule has 0 spiro atoms. The molecule has 1 heterocycles. The summed E-state index contributed by atoms with van der Waals surface area (Å²) in [7, 11) is 0. The van der Waals surface area contributed by atoms with Crippen molar-refractivity contribution in [2.24, 2.45) is 5.73 Å². The fourth-order valence-electron chi connectivity index (χ4n) is 1.11. The fraction of sp³-hybridized carbons (Fsp3) is 0.111. The molecule has 0 saturated carbocycles. The van der Waals surface area contributed by atoms with E-state index in [2.05, 4.69) is 26.1 Å². The van der Waals surface area contributed by atoms with Crippen LogP contribution < -0.4 is 5.73 Å². The van der Waals surface area contributed by atoms with Crippen LogP contribution in [-0.4, -0.2) is 10.2 Å². The van der Waals surface area contributed by atoms with E-state index in [0.717, 1.165) is 0 Å². The molecule has 4 nitrogen and oxygen atoms in total. The maximum absolute atomic E-state index is 13.5. The summed E-state index contributed by atoms with van der Waals surface area (Å²) in [6.07, 6.45) is 0. The van der Waals surface area contributed by atoms with E-state index >= 15 is 0 Å². The van der Waals surface area contributed by atoms with E-state index in [1.807, 2.05) is 0 Å². The maximum atomic E-state index is 13.5. The summed E-state index contributed by atoms with van der Waals surface area (Å²) >= 11 is 3.16. The van der Waals surface area contributed by atoms with Crippen LogP contribution in [0.1, 0.15) is 5.89 Å². The van der Waals surface area contributed by atoms with Gasteiger partial charge < -0.3 is 10.2 Å². The van der Waals surface area contributed by atoms with Gasteiger partial charge in [0.05, 0.1) is 12.1 Å². The predicted octanol–water partition coefficient (Wildman–Crippen LogP) is 2.10.